The molecule has 0 saturated carbocycles. The van der Waals surface area contributed by atoms with Gasteiger partial charge in [0.25, 0.3) is 0 Å². The highest BCUT2D eigenvalue weighted by Crippen LogP contribution is 2.25. The third kappa shape index (κ3) is 1.30. The molecule has 80 valence electrons. The van der Waals surface area contributed by atoms with Gasteiger partial charge in [-0.3, -0.25) is 4.98 Å². The summed E-state index contributed by atoms with van der Waals surface area (Å²) in [5.41, 5.74) is 1.33. The van der Waals surface area contributed by atoms with E-state index in [1.54, 1.807) is 0 Å². The minimum Gasteiger partial charge on any atom is -0.347 e. The van der Waals surface area contributed by atoms with Crippen molar-refractivity contribution in [3.63, 3.8) is 0 Å². The number of hydrogen-bond acceptors (Lipinski definition) is 1. The van der Waals surface area contributed by atoms with E-state index < -0.39 is 0 Å². The van der Waals surface area contributed by atoms with E-state index in [2.05, 4.69) is 46.9 Å². The first-order valence-electron chi connectivity index (χ1n) is 5.71. The Morgan fingerprint density at radius 3 is 2.88 bits per heavy atom. The van der Waals surface area contributed by atoms with E-state index in [0.29, 0.717) is 0 Å². The average molecular weight is 210 g/mol. The van der Waals surface area contributed by atoms with Crippen LogP contribution in [0.2, 0.25) is 0 Å². The van der Waals surface area contributed by atoms with Gasteiger partial charge in [0.15, 0.2) is 0 Å². The second kappa shape index (κ2) is 3.63. The molecule has 2 heteroatoms. The van der Waals surface area contributed by atoms with Gasteiger partial charge in [0.1, 0.15) is 0 Å². The highest BCUT2D eigenvalue weighted by atomic mass is 14.9. The standard InChI is InChI=1S/C14H14N2/c1-2-8-16-9-6-11-3-4-12-10-15-7-5-13(12)14(11)16/h3-7,9-10H,2,8H2,1H3. The van der Waals surface area contributed by atoms with Crippen LogP contribution in [0.25, 0.3) is 21.7 Å². The zero-order valence-corrected chi connectivity index (χ0v) is 9.35. The summed E-state index contributed by atoms with van der Waals surface area (Å²) in [5, 5.41) is 3.82. The number of benzene rings is 1. The van der Waals surface area contributed by atoms with Crippen LogP contribution in [0, 0.1) is 0 Å². The van der Waals surface area contributed by atoms with Gasteiger partial charge in [-0.1, -0.05) is 19.1 Å². The van der Waals surface area contributed by atoms with E-state index >= 15 is 0 Å². The second-order valence-corrected chi connectivity index (χ2v) is 4.11. The molecular weight excluding hydrogens is 196 g/mol. The van der Waals surface area contributed by atoms with Crippen LogP contribution in [0.5, 0.6) is 0 Å². The Labute approximate surface area is 94.5 Å². The molecule has 0 amide bonds. The first kappa shape index (κ1) is 9.40. The maximum Gasteiger partial charge on any atom is 0.0561 e. The first-order chi connectivity index (χ1) is 7.90. The van der Waals surface area contributed by atoms with E-state index in [9.17, 15) is 0 Å². The van der Waals surface area contributed by atoms with Crippen molar-refractivity contribution in [2.45, 2.75) is 19.9 Å². The van der Waals surface area contributed by atoms with Crippen LogP contribution in [0.15, 0.2) is 42.9 Å². The molecule has 1 aromatic carbocycles. The minimum atomic E-state index is 1.07. The second-order valence-electron chi connectivity index (χ2n) is 4.11. The molecule has 0 aliphatic heterocycles. The number of aryl methyl sites for hydroxylation is 1. The number of nitrogens with zero attached hydrogens (tertiary/aromatic N) is 2. The van der Waals surface area contributed by atoms with Crippen molar-refractivity contribution in [3.05, 3.63) is 42.9 Å². The molecular formula is C14H14N2. The summed E-state index contributed by atoms with van der Waals surface area (Å²) >= 11 is 0. The van der Waals surface area contributed by atoms with Gasteiger partial charge < -0.3 is 4.57 Å². The van der Waals surface area contributed by atoms with Crippen LogP contribution >= 0.6 is 0 Å². The maximum atomic E-state index is 4.17. The molecule has 0 spiro atoms. The molecule has 0 fully saturated rings. The molecule has 0 saturated heterocycles. The lowest BCUT2D eigenvalue weighted by Gasteiger charge is -2.06. The monoisotopic (exact) mass is 210 g/mol. The smallest absolute Gasteiger partial charge is 0.0561 e. The van der Waals surface area contributed by atoms with E-state index in [4.69, 9.17) is 0 Å². The predicted molar refractivity (Wildman–Crippen MR) is 67.5 cm³/mol. The summed E-state index contributed by atoms with van der Waals surface area (Å²) in [6.45, 7) is 3.28. The molecule has 3 aromatic rings. The molecule has 0 unspecified atom stereocenters. The Hall–Kier alpha value is -1.83. The van der Waals surface area contributed by atoms with E-state index in [-0.39, 0.29) is 0 Å². The fourth-order valence-corrected chi connectivity index (χ4v) is 2.30. The van der Waals surface area contributed by atoms with Gasteiger partial charge in [-0.2, -0.15) is 0 Å². The zero-order chi connectivity index (χ0) is 11.0. The van der Waals surface area contributed by atoms with Crippen molar-refractivity contribution in [2.75, 3.05) is 0 Å². The van der Waals surface area contributed by atoms with Crippen LogP contribution in [0.3, 0.4) is 0 Å². The van der Waals surface area contributed by atoms with Gasteiger partial charge in [0.2, 0.25) is 0 Å². The lowest BCUT2D eigenvalue weighted by atomic mass is 10.1. The summed E-state index contributed by atoms with van der Waals surface area (Å²) in [7, 11) is 0. The Kier molecular flexibility index (Phi) is 2.13. The van der Waals surface area contributed by atoms with Crippen molar-refractivity contribution in [1.82, 2.24) is 9.55 Å². The van der Waals surface area contributed by atoms with Crippen molar-refractivity contribution >= 4 is 21.7 Å². The molecule has 0 N–H and O–H groups in total. The topological polar surface area (TPSA) is 17.8 Å². The summed E-state index contributed by atoms with van der Waals surface area (Å²) in [4.78, 5) is 4.17. The predicted octanol–water partition coefficient (Wildman–Crippen LogP) is 3.60. The van der Waals surface area contributed by atoms with Crippen LogP contribution in [-0.2, 0) is 6.54 Å². The van der Waals surface area contributed by atoms with Crippen molar-refractivity contribution in [3.8, 4) is 0 Å². The molecule has 0 bridgehead atoms. The third-order valence-electron chi connectivity index (χ3n) is 3.01. The summed E-state index contributed by atoms with van der Waals surface area (Å²) in [6, 6.07) is 8.60. The van der Waals surface area contributed by atoms with Crippen LogP contribution in [0.4, 0.5) is 0 Å². The lowest BCUT2D eigenvalue weighted by molar-refractivity contribution is 0.705. The van der Waals surface area contributed by atoms with Crippen molar-refractivity contribution < 1.29 is 0 Å². The van der Waals surface area contributed by atoms with Crippen molar-refractivity contribution in [2.24, 2.45) is 0 Å². The number of hydrogen-bond donors (Lipinski definition) is 0. The third-order valence-corrected chi connectivity index (χ3v) is 3.01. The number of fused-ring (bicyclic) bond motifs is 3. The highest BCUT2D eigenvalue weighted by molar-refractivity contribution is 6.05. The van der Waals surface area contributed by atoms with Gasteiger partial charge in [0.05, 0.1) is 5.52 Å². The molecule has 0 aliphatic carbocycles. The first-order valence-corrected chi connectivity index (χ1v) is 5.71. The number of pyridine rings is 1. The summed E-state index contributed by atoms with van der Waals surface area (Å²) < 4.78 is 2.33. The fraction of sp³-hybridized carbons (Fsp3) is 0.214. The van der Waals surface area contributed by atoms with E-state index in [1.807, 2.05) is 12.4 Å². The number of aromatic nitrogens is 2. The Morgan fingerprint density at radius 2 is 2.00 bits per heavy atom. The molecule has 2 heterocycles. The Morgan fingerprint density at radius 1 is 1.12 bits per heavy atom. The zero-order valence-electron chi connectivity index (χ0n) is 9.35. The van der Waals surface area contributed by atoms with Gasteiger partial charge in [-0.15, -0.1) is 0 Å². The highest BCUT2D eigenvalue weighted by Gasteiger charge is 2.04. The number of rotatable bonds is 2. The minimum absolute atomic E-state index is 1.07. The van der Waals surface area contributed by atoms with E-state index in [0.717, 1.165) is 13.0 Å². The molecule has 3 rings (SSSR count). The summed E-state index contributed by atoms with van der Waals surface area (Å²) in [5.74, 6) is 0. The van der Waals surface area contributed by atoms with Gasteiger partial charge in [-0.25, -0.2) is 0 Å². The SMILES string of the molecule is CCCn1ccc2ccc3cnccc3c21. The van der Waals surface area contributed by atoms with Gasteiger partial charge in [-0.05, 0) is 18.6 Å². The Balaban J connectivity index is 2.42. The van der Waals surface area contributed by atoms with Gasteiger partial charge >= 0.3 is 0 Å². The average Bonchev–Trinajstić information content (AvgIpc) is 2.73. The quantitative estimate of drug-likeness (QED) is 0.632. The normalized spacial score (nSPS) is 11.3. The maximum absolute atomic E-state index is 4.17. The molecule has 2 aromatic heterocycles. The van der Waals surface area contributed by atoms with Gasteiger partial charge in [0, 0.05) is 41.3 Å². The molecule has 0 atom stereocenters. The lowest BCUT2D eigenvalue weighted by Crippen LogP contribution is -1.94. The molecule has 0 radical (unpaired) electrons. The summed E-state index contributed by atoms with van der Waals surface area (Å²) in [6.07, 6.45) is 7.13. The Bertz CT molecular complexity index is 637. The van der Waals surface area contributed by atoms with Crippen LogP contribution < -0.4 is 0 Å². The molecule has 2 nitrogen and oxygen atoms in total. The van der Waals surface area contributed by atoms with Crippen LogP contribution in [0.1, 0.15) is 13.3 Å². The largest absolute Gasteiger partial charge is 0.347 e. The van der Waals surface area contributed by atoms with Crippen LogP contribution in [-0.4, -0.2) is 9.55 Å². The van der Waals surface area contributed by atoms with Crippen molar-refractivity contribution in [1.29, 1.82) is 0 Å². The molecule has 0 aliphatic rings. The van der Waals surface area contributed by atoms with E-state index in [1.165, 1.54) is 21.7 Å². The molecule has 16 heavy (non-hydrogen) atoms. The fourth-order valence-electron chi connectivity index (χ4n) is 2.30.